The van der Waals surface area contributed by atoms with E-state index in [4.69, 9.17) is 0 Å². The normalized spacial score (nSPS) is 25.8. The average Bonchev–Trinajstić information content (AvgIpc) is 3.24. The summed E-state index contributed by atoms with van der Waals surface area (Å²) < 4.78 is 1.18. The van der Waals surface area contributed by atoms with Crippen molar-refractivity contribution in [3.63, 3.8) is 0 Å². The molecule has 2 heterocycles. The molecule has 0 spiro atoms. The fraction of sp³-hybridized carbons (Fsp3) is 0.353. The summed E-state index contributed by atoms with van der Waals surface area (Å²) in [4.78, 5) is 13.4. The van der Waals surface area contributed by atoms with Crippen molar-refractivity contribution < 1.29 is 4.79 Å². The van der Waals surface area contributed by atoms with Gasteiger partial charge in [0.05, 0.1) is 15.1 Å². The maximum absolute atomic E-state index is 12.6. The minimum absolute atomic E-state index is 0.0534. The van der Waals surface area contributed by atoms with E-state index in [2.05, 4.69) is 34.9 Å². The molecule has 2 aliphatic rings. The van der Waals surface area contributed by atoms with Gasteiger partial charge in [-0.05, 0) is 29.5 Å². The second kappa shape index (κ2) is 5.72. The fourth-order valence-electron chi connectivity index (χ4n) is 3.70. The first-order valence-corrected chi connectivity index (χ1v) is 9.56. The van der Waals surface area contributed by atoms with Gasteiger partial charge in [0.15, 0.2) is 0 Å². The summed E-state index contributed by atoms with van der Waals surface area (Å²) in [6.45, 7) is 1.99. The summed E-state index contributed by atoms with van der Waals surface area (Å²) in [7, 11) is 0. The molecule has 4 rings (SSSR count). The largest absolute Gasteiger partial charge is 0.344 e. The second-order valence-electron chi connectivity index (χ2n) is 5.83. The van der Waals surface area contributed by atoms with Gasteiger partial charge in [0.2, 0.25) is 0 Å². The van der Waals surface area contributed by atoms with Crippen molar-refractivity contribution in [3.8, 4) is 0 Å². The molecule has 0 saturated carbocycles. The molecule has 22 heavy (non-hydrogen) atoms. The summed E-state index contributed by atoms with van der Waals surface area (Å²) in [5, 5.41) is 6.75. The zero-order valence-electron chi connectivity index (χ0n) is 12.3. The number of carbonyl (C=O) groups excluding carboxylic acids is 1. The van der Waals surface area contributed by atoms with Crippen LogP contribution in [0.5, 0.6) is 0 Å². The van der Waals surface area contributed by atoms with E-state index in [1.54, 1.807) is 23.1 Å². The van der Waals surface area contributed by atoms with Gasteiger partial charge >= 0.3 is 0 Å². The molecule has 2 N–H and O–H groups in total. The summed E-state index contributed by atoms with van der Waals surface area (Å²) in [5.41, 5.74) is 2.70. The summed E-state index contributed by atoms with van der Waals surface area (Å²) in [6.07, 6.45) is 2.04. The van der Waals surface area contributed by atoms with Crippen molar-refractivity contribution >= 4 is 29.0 Å². The van der Waals surface area contributed by atoms with E-state index < -0.39 is 0 Å². The van der Waals surface area contributed by atoms with Crippen molar-refractivity contribution in [1.29, 1.82) is 0 Å². The molecule has 3 atom stereocenters. The molecule has 0 radical (unpaired) electrons. The van der Waals surface area contributed by atoms with Gasteiger partial charge in [0, 0.05) is 24.9 Å². The second-order valence-corrected chi connectivity index (χ2v) is 8.02. The van der Waals surface area contributed by atoms with E-state index in [0.29, 0.717) is 11.8 Å². The van der Waals surface area contributed by atoms with Crippen LogP contribution >= 0.6 is 23.1 Å². The Bertz CT molecular complexity index is 712. The molecule has 114 valence electrons. The number of thioether (sulfide) groups is 1. The fourth-order valence-corrected chi connectivity index (χ4v) is 5.15. The highest BCUT2D eigenvalue weighted by Crippen LogP contribution is 2.46. The van der Waals surface area contributed by atoms with Crippen molar-refractivity contribution in [2.75, 3.05) is 19.3 Å². The first-order chi connectivity index (χ1) is 10.8. The van der Waals surface area contributed by atoms with Crippen molar-refractivity contribution in [2.45, 2.75) is 16.2 Å². The number of amides is 1. The van der Waals surface area contributed by atoms with Crippen LogP contribution in [0.15, 0.2) is 40.6 Å². The molecule has 1 aliphatic heterocycles. The molecule has 0 bridgehead atoms. The Kier molecular flexibility index (Phi) is 3.72. The Morgan fingerprint density at radius 2 is 2.05 bits per heavy atom. The van der Waals surface area contributed by atoms with Crippen LogP contribution in [0.3, 0.4) is 0 Å². The van der Waals surface area contributed by atoms with Crippen molar-refractivity contribution in [2.24, 2.45) is 5.92 Å². The average molecular weight is 330 g/mol. The highest BCUT2D eigenvalue weighted by molar-refractivity contribution is 8.00. The smallest absolute Gasteiger partial charge is 0.261 e. The zero-order valence-corrected chi connectivity index (χ0v) is 14.0. The standard InChI is InChI=1S/C17H18N2OS2/c1-21-15-7-6-14(22-15)17(20)19-16-11-5-3-2-4-10(11)12-8-18-9-13(12)16/h2-7,12-13,16,18H,8-9H2,1H3,(H,19,20)/t12-,13-,16+/m0/s1. The number of nitrogens with one attached hydrogen (secondary N) is 2. The Balaban J connectivity index is 1.60. The van der Waals surface area contributed by atoms with Crippen molar-refractivity contribution in [1.82, 2.24) is 10.6 Å². The lowest BCUT2D eigenvalue weighted by molar-refractivity contribution is 0.0930. The molecule has 1 aromatic carbocycles. The molecule has 1 aliphatic carbocycles. The van der Waals surface area contributed by atoms with Gasteiger partial charge in [0.25, 0.3) is 5.91 Å². The third-order valence-electron chi connectivity index (χ3n) is 4.71. The molecule has 1 aromatic heterocycles. The van der Waals surface area contributed by atoms with Gasteiger partial charge in [0.1, 0.15) is 0 Å². The highest BCUT2D eigenvalue weighted by Gasteiger charge is 2.43. The van der Waals surface area contributed by atoms with Crippen LogP contribution in [0.25, 0.3) is 0 Å². The number of benzene rings is 1. The van der Waals surface area contributed by atoms with Crippen LogP contribution in [0.1, 0.15) is 32.8 Å². The van der Waals surface area contributed by atoms with Crippen LogP contribution in [-0.2, 0) is 0 Å². The van der Waals surface area contributed by atoms with Crippen LogP contribution in [0, 0.1) is 5.92 Å². The number of rotatable bonds is 3. The van der Waals surface area contributed by atoms with E-state index in [1.807, 2.05) is 18.4 Å². The highest BCUT2D eigenvalue weighted by atomic mass is 32.2. The van der Waals surface area contributed by atoms with Crippen LogP contribution < -0.4 is 10.6 Å². The lowest BCUT2D eigenvalue weighted by Gasteiger charge is -2.20. The van der Waals surface area contributed by atoms with Crippen LogP contribution in [-0.4, -0.2) is 25.3 Å². The maximum atomic E-state index is 12.6. The lowest BCUT2D eigenvalue weighted by atomic mass is 9.94. The summed E-state index contributed by atoms with van der Waals surface area (Å²) >= 11 is 3.25. The minimum Gasteiger partial charge on any atom is -0.344 e. The van der Waals surface area contributed by atoms with Gasteiger partial charge in [-0.3, -0.25) is 4.79 Å². The topological polar surface area (TPSA) is 41.1 Å². The number of thiophene rings is 1. The number of fused-ring (bicyclic) bond motifs is 3. The van der Waals surface area contributed by atoms with E-state index in [0.717, 1.165) is 18.0 Å². The van der Waals surface area contributed by atoms with Gasteiger partial charge in [-0.1, -0.05) is 24.3 Å². The van der Waals surface area contributed by atoms with Crippen LogP contribution in [0.4, 0.5) is 0 Å². The first-order valence-electron chi connectivity index (χ1n) is 7.52. The Morgan fingerprint density at radius 3 is 2.82 bits per heavy atom. The molecule has 5 heteroatoms. The molecule has 2 aromatic rings. The zero-order chi connectivity index (χ0) is 15.1. The summed E-state index contributed by atoms with van der Waals surface area (Å²) in [5.74, 6) is 1.06. The van der Waals surface area contributed by atoms with Crippen molar-refractivity contribution in [3.05, 3.63) is 52.4 Å². The quantitative estimate of drug-likeness (QED) is 0.849. The SMILES string of the molecule is CSc1ccc(C(=O)N[C@@H]2c3ccccc3[C@@H]3CNC[C@H]23)s1. The Morgan fingerprint density at radius 1 is 1.23 bits per heavy atom. The third kappa shape index (κ3) is 2.28. The predicted octanol–water partition coefficient (Wildman–Crippen LogP) is 3.26. The van der Waals surface area contributed by atoms with Gasteiger partial charge in [-0.15, -0.1) is 23.1 Å². The predicted molar refractivity (Wildman–Crippen MR) is 91.8 cm³/mol. The Hall–Kier alpha value is -1.30. The lowest BCUT2D eigenvalue weighted by Crippen LogP contribution is -2.32. The third-order valence-corrected chi connectivity index (χ3v) is 6.88. The minimum atomic E-state index is 0.0534. The Labute approximate surface area is 138 Å². The molecule has 0 unspecified atom stereocenters. The molecule has 1 saturated heterocycles. The molecular weight excluding hydrogens is 312 g/mol. The molecule has 3 nitrogen and oxygen atoms in total. The van der Waals surface area contributed by atoms with Gasteiger partial charge in [-0.25, -0.2) is 0 Å². The number of hydrogen-bond acceptors (Lipinski definition) is 4. The summed E-state index contributed by atoms with van der Waals surface area (Å²) in [6, 6.07) is 12.6. The first kappa shape index (κ1) is 14.3. The van der Waals surface area contributed by atoms with E-state index in [-0.39, 0.29) is 11.9 Å². The van der Waals surface area contributed by atoms with E-state index >= 15 is 0 Å². The molecule has 1 fully saturated rings. The maximum Gasteiger partial charge on any atom is 0.261 e. The van der Waals surface area contributed by atoms with Crippen LogP contribution in [0.2, 0.25) is 0 Å². The number of hydrogen-bond donors (Lipinski definition) is 2. The molecular formula is C17H18N2OS2. The number of carbonyl (C=O) groups is 1. The van der Waals surface area contributed by atoms with E-state index in [9.17, 15) is 4.79 Å². The van der Waals surface area contributed by atoms with E-state index in [1.165, 1.54) is 15.3 Å². The molecule has 1 amide bonds. The van der Waals surface area contributed by atoms with Gasteiger partial charge < -0.3 is 10.6 Å². The monoisotopic (exact) mass is 330 g/mol. The van der Waals surface area contributed by atoms with Gasteiger partial charge in [-0.2, -0.15) is 0 Å².